The summed E-state index contributed by atoms with van der Waals surface area (Å²) in [6.07, 6.45) is -1.85. The summed E-state index contributed by atoms with van der Waals surface area (Å²) in [5, 5.41) is 9.25. The zero-order valence-electron chi connectivity index (χ0n) is 6.57. The summed E-state index contributed by atoms with van der Waals surface area (Å²) in [6.45, 7) is 1.74. The van der Waals surface area contributed by atoms with Gasteiger partial charge in [-0.25, -0.2) is 4.39 Å². The van der Waals surface area contributed by atoms with Gasteiger partial charge in [0.2, 0.25) is 0 Å². The quantitative estimate of drug-likeness (QED) is 0.444. The summed E-state index contributed by atoms with van der Waals surface area (Å²) >= 11 is 0. The van der Waals surface area contributed by atoms with Crippen molar-refractivity contribution in [1.29, 1.82) is 0 Å². The number of nitrogens with two attached hydrogens (primary N) is 2. The van der Waals surface area contributed by atoms with Gasteiger partial charge >= 0.3 is 0 Å². The van der Waals surface area contributed by atoms with Gasteiger partial charge in [-0.1, -0.05) is 6.92 Å². The fraction of sp³-hybridized carbons (Fsp3) is 1.00. The van der Waals surface area contributed by atoms with Crippen LogP contribution in [0.4, 0.5) is 4.39 Å². The maximum atomic E-state index is 13.0. The minimum Gasteiger partial charge on any atom is -0.390 e. The average Bonchev–Trinajstić information content (AvgIpc) is 1.97. The van der Waals surface area contributed by atoms with E-state index < -0.39 is 18.3 Å². The Hall–Kier alpha value is -0.190. The molecular formula is C7H15FN2O. The van der Waals surface area contributed by atoms with E-state index in [1.165, 1.54) is 0 Å². The van der Waals surface area contributed by atoms with Crippen molar-refractivity contribution in [2.45, 2.75) is 37.7 Å². The predicted octanol–water partition coefficient (Wildman–Crippen LogP) is -0.620. The molecule has 0 amide bonds. The highest BCUT2D eigenvalue weighted by molar-refractivity contribution is 4.94. The van der Waals surface area contributed by atoms with E-state index in [9.17, 15) is 9.50 Å². The number of halogens is 1. The first-order valence-electron chi connectivity index (χ1n) is 3.87. The highest BCUT2D eigenvalue weighted by Gasteiger charge is 2.38. The normalized spacial score (nSPS) is 52.6. The van der Waals surface area contributed by atoms with Crippen LogP contribution in [0.25, 0.3) is 0 Å². The van der Waals surface area contributed by atoms with Crippen LogP contribution in [0.2, 0.25) is 0 Å². The van der Waals surface area contributed by atoms with Crippen molar-refractivity contribution >= 4 is 0 Å². The molecule has 0 aromatic rings. The smallest absolute Gasteiger partial charge is 0.141 e. The van der Waals surface area contributed by atoms with E-state index in [4.69, 9.17) is 11.5 Å². The molecule has 11 heavy (non-hydrogen) atoms. The van der Waals surface area contributed by atoms with Crippen molar-refractivity contribution in [3.63, 3.8) is 0 Å². The van der Waals surface area contributed by atoms with E-state index in [0.717, 1.165) is 0 Å². The molecule has 1 aliphatic carbocycles. The molecule has 0 aromatic heterocycles. The Morgan fingerprint density at radius 3 is 2.45 bits per heavy atom. The fourth-order valence-corrected chi connectivity index (χ4v) is 1.46. The van der Waals surface area contributed by atoms with Crippen molar-refractivity contribution in [3.05, 3.63) is 0 Å². The van der Waals surface area contributed by atoms with Crippen LogP contribution in [0.1, 0.15) is 13.3 Å². The first-order chi connectivity index (χ1) is 5.04. The van der Waals surface area contributed by atoms with E-state index in [1.54, 1.807) is 6.92 Å². The van der Waals surface area contributed by atoms with Crippen LogP contribution in [0.3, 0.4) is 0 Å². The summed E-state index contributed by atoms with van der Waals surface area (Å²) in [7, 11) is 0. The second-order valence-electron chi connectivity index (χ2n) is 3.36. The van der Waals surface area contributed by atoms with Crippen LogP contribution < -0.4 is 11.5 Å². The molecule has 0 radical (unpaired) electrons. The minimum atomic E-state index is -1.32. The third-order valence-electron chi connectivity index (χ3n) is 2.49. The first-order valence-corrected chi connectivity index (χ1v) is 3.87. The van der Waals surface area contributed by atoms with Crippen LogP contribution in [0.5, 0.6) is 0 Å². The van der Waals surface area contributed by atoms with Crippen LogP contribution in [-0.4, -0.2) is 29.5 Å². The molecule has 0 saturated heterocycles. The SMILES string of the molecule is C[C@H]1[C@H](O)[C@H](F)[C@H](N)C[C@@H]1N. The van der Waals surface area contributed by atoms with Gasteiger partial charge in [-0.3, -0.25) is 0 Å². The van der Waals surface area contributed by atoms with Gasteiger partial charge < -0.3 is 16.6 Å². The maximum Gasteiger partial charge on any atom is 0.141 e. The van der Waals surface area contributed by atoms with E-state index in [2.05, 4.69) is 0 Å². The molecule has 3 nitrogen and oxygen atoms in total. The number of hydrogen-bond donors (Lipinski definition) is 3. The Bertz CT molecular complexity index is 130. The van der Waals surface area contributed by atoms with Gasteiger partial charge in [0.05, 0.1) is 6.10 Å². The lowest BCUT2D eigenvalue weighted by Gasteiger charge is -2.36. The minimum absolute atomic E-state index is 0.174. The summed E-state index contributed by atoms with van der Waals surface area (Å²) < 4.78 is 13.0. The summed E-state index contributed by atoms with van der Waals surface area (Å²) in [5.41, 5.74) is 11.0. The average molecular weight is 162 g/mol. The Kier molecular flexibility index (Phi) is 2.47. The fourth-order valence-electron chi connectivity index (χ4n) is 1.46. The third-order valence-corrected chi connectivity index (χ3v) is 2.49. The van der Waals surface area contributed by atoms with Crippen LogP contribution >= 0.6 is 0 Å². The molecule has 0 unspecified atom stereocenters. The van der Waals surface area contributed by atoms with Gasteiger partial charge in [0.1, 0.15) is 6.17 Å². The molecule has 1 rings (SSSR count). The zero-order chi connectivity index (χ0) is 8.59. The van der Waals surface area contributed by atoms with Gasteiger partial charge in [-0.15, -0.1) is 0 Å². The van der Waals surface area contributed by atoms with Crippen LogP contribution in [0.15, 0.2) is 0 Å². The van der Waals surface area contributed by atoms with Crippen molar-refractivity contribution < 1.29 is 9.50 Å². The van der Waals surface area contributed by atoms with Crippen LogP contribution in [-0.2, 0) is 0 Å². The molecule has 1 fully saturated rings. The van der Waals surface area contributed by atoms with Crippen molar-refractivity contribution in [2.75, 3.05) is 0 Å². The van der Waals surface area contributed by atoms with Gasteiger partial charge in [0.25, 0.3) is 0 Å². The Balaban J connectivity index is 2.63. The molecule has 1 aliphatic rings. The Morgan fingerprint density at radius 1 is 1.36 bits per heavy atom. The monoisotopic (exact) mass is 162 g/mol. The standard InChI is InChI=1S/C7H15FN2O/c1-3-4(9)2-5(10)6(8)7(3)11/h3-7,11H,2,9-10H2,1H3/t3-,4+,5-,6-,7+/m1/s1. The lowest BCUT2D eigenvalue weighted by Crippen LogP contribution is -2.55. The highest BCUT2D eigenvalue weighted by atomic mass is 19.1. The number of rotatable bonds is 0. The molecule has 1 saturated carbocycles. The maximum absolute atomic E-state index is 13.0. The molecular weight excluding hydrogens is 147 g/mol. The number of aliphatic hydroxyl groups excluding tert-OH is 1. The molecule has 4 heteroatoms. The second kappa shape index (κ2) is 3.05. The van der Waals surface area contributed by atoms with Crippen molar-refractivity contribution in [2.24, 2.45) is 17.4 Å². The van der Waals surface area contributed by atoms with Crippen molar-refractivity contribution in [3.8, 4) is 0 Å². The largest absolute Gasteiger partial charge is 0.390 e. The Morgan fingerprint density at radius 2 is 1.91 bits per heavy atom. The molecule has 0 bridgehead atoms. The van der Waals surface area contributed by atoms with E-state index in [1.807, 2.05) is 0 Å². The summed E-state index contributed by atoms with van der Waals surface area (Å²) in [5.74, 6) is -0.190. The first kappa shape index (κ1) is 8.90. The van der Waals surface area contributed by atoms with Gasteiger partial charge in [-0.2, -0.15) is 0 Å². The molecule has 66 valence electrons. The molecule has 0 aromatic carbocycles. The molecule has 0 spiro atoms. The van der Waals surface area contributed by atoms with E-state index in [-0.39, 0.29) is 12.0 Å². The number of hydrogen-bond acceptors (Lipinski definition) is 3. The van der Waals surface area contributed by atoms with E-state index >= 15 is 0 Å². The molecule has 5 atom stereocenters. The number of aliphatic hydroxyl groups is 1. The third kappa shape index (κ3) is 1.52. The van der Waals surface area contributed by atoms with E-state index in [0.29, 0.717) is 6.42 Å². The van der Waals surface area contributed by atoms with Gasteiger partial charge in [0.15, 0.2) is 0 Å². The van der Waals surface area contributed by atoms with Crippen LogP contribution in [0, 0.1) is 5.92 Å². The molecule has 0 aliphatic heterocycles. The van der Waals surface area contributed by atoms with Crippen molar-refractivity contribution in [1.82, 2.24) is 0 Å². The predicted molar refractivity (Wildman–Crippen MR) is 40.6 cm³/mol. The summed E-state index contributed by atoms with van der Waals surface area (Å²) in [6, 6.07) is -0.775. The molecule has 0 heterocycles. The van der Waals surface area contributed by atoms with Gasteiger partial charge in [0, 0.05) is 18.0 Å². The summed E-state index contributed by atoms with van der Waals surface area (Å²) in [4.78, 5) is 0. The number of alkyl halides is 1. The van der Waals surface area contributed by atoms with Gasteiger partial charge in [-0.05, 0) is 6.42 Å². The zero-order valence-corrected chi connectivity index (χ0v) is 6.57. The Labute approximate surface area is 65.6 Å². The lowest BCUT2D eigenvalue weighted by molar-refractivity contribution is -0.0143. The topological polar surface area (TPSA) is 72.3 Å². The second-order valence-corrected chi connectivity index (χ2v) is 3.36. The lowest BCUT2D eigenvalue weighted by atomic mass is 9.80. The highest BCUT2D eigenvalue weighted by Crippen LogP contribution is 2.24. The molecule has 5 N–H and O–H groups in total.